The molecule has 0 spiro atoms. The highest BCUT2D eigenvalue weighted by Crippen LogP contribution is 1.87. The van der Waals surface area contributed by atoms with Gasteiger partial charge in [0.2, 0.25) is 0 Å². The molecule has 1 unspecified atom stereocenters. The van der Waals surface area contributed by atoms with Gasteiger partial charge in [0.25, 0.3) is 0 Å². The Morgan fingerprint density at radius 3 is 2.17 bits per heavy atom. The first-order valence-corrected chi connectivity index (χ1v) is 3.02. The van der Waals surface area contributed by atoms with Gasteiger partial charge in [-0.1, -0.05) is 0 Å². The van der Waals surface area contributed by atoms with E-state index in [0.717, 1.165) is 0 Å². The number of hydrogen-bond donors (Lipinski definition) is 1. The van der Waals surface area contributed by atoms with Gasteiger partial charge in [-0.05, 0) is 13.8 Å². The van der Waals surface area contributed by atoms with Gasteiger partial charge in [-0.25, -0.2) is 5.09 Å². The van der Waals surface area contributed by atoms with Gasteiger partial charge in [0.15, 0.2) is 0 Å². The molecule has 0 radical (unpaired) electrons. The lowest BCUT2D eigenvalue weighted by Gasteiger charge is -2.00. The zero-order valence-electron chi connectivity index (χ0n) is 4.06. The SMILES string of the molecule is CC(C)N[PH2+][O-]. The fraction of sp³-hybridized carbons (Fsp3) is 1.00. The summed E-state index contributed by atoms with van der Waals surface area (Å²) in [5.74, 6) is 0. The second kappa shape index (κ2) is 3.54. The summed E-state index contributed by atoms with van der Waals surface area (Å²) in [5, 5.41) is 2.74. The summed E-state index contributed by atoms with van der Waals surface area (Å²) in [7, 11) is -0.748. The highest BCUT2D eigenvalue weighted by Gasteiger charge is 1.84. The molecule has 1 N–H and O–H groups in total. The van der Waals surface area contributed by atoms with E-state index in [2.05, 4.69) is 5.09 Å². The third-order valence-electron chi connectivity index (χ3n) is 0.401. The van der Waals surface area contributed by atoms with Crippen molar-refractivity contribution in [1.82, 2.24) is 5.09 Å². The molecule has 0 bridgehead atoms. The van der Waals surface area contributed by atoms with E-state index in [4.69, 9.17) is 0 Å². The van der Waals surface area contributed by atoms with Crippen molar-refractivity contribution >= 4 is 8.96 Å². The standard InChI is InChI=1S/C3H10NOP/c1-3(2)4-6-5/h3-4H,6H2,1-2H3. The molecule has 0 heterocycles. The Kier molecular flexibility index (Phi) is 3.74. The van der Waals surface area contributed by atoms with E-state index in [1.165, 1.54) is 0 Å². The first-order chi connectivity index (χ1) is 2.77. The van der Waals surface area contributed by atoms with Crippen LogP contribution >= 0.6 is 8.96 Å². The van der Waals surface area contributed by atoms with Crippen molar-refractivity contribution in [3.63, 3.8) is 0 Å². The third kappa shape index (κ3) is 4.35. The van der Waals surface area contributed by atoms with E-state index >= 15 is 0 Å². The van der Waals surface area contributed by atoms with E-state index in [1.54, 1.807) is 0 Å². The number of rotatable bonds is 2. The minimum Gasteiger partial charge on any atom is -0.669 e. The number of nitrogens with one attached hydrogen (secondary N) is 1. The molecule has 0 saturated heterocycles. The number of hydrogen-bond acceptors (Lipinski definition) is 2. The van der Waals surface area contributed by atoms with Crippen molar-refractivity contribution in [2.45, 2.75) is 19.9 Å². The van der Waals surface area contributed by atoms with Crippen LogP contribution in [0, 0.1) is 0 Å². The molecule has 1 atom stereocenters. The van der Waals surface area contributed by atoms with E-state index in [-0.39, 0.29) is 0 Å². The summed E-state index contributed by atoms with van der Waals surface area (Å²) in [4.78, 5) is 9.71. The molecule has 2 nitrogen and oxygen atoms in total. The van der Waals surface area contributed by atoms with Gasteiger partial charge >= 0.3 is 0 Å². The van der Waals surface area contributed by atoms with Crippen LogP contribution in [0.3, 0.4) is 0 Å². The Labute approximate surface area is 39.9 Å². The Morgan fingerprint density at radius 2 is 2.17 bits per heavy atom. The summed E-state index contributed by atoms with van der Waals surface area (Å²) in [6.45, 7) is 3.93. The molecule has 6 heavy (non-hydrogen) atoms. The van der Waals surface area contributed by atoms with Crippen LogP contribution in [0.25, 0.3) is 0 Å². The smallest absolute Gasteiger partial charge is 0.0350 e. The minimum absolute atomic E-state index is 0.373. The van der Waals surface area contributed by atoms with Crippen LogP contribution in [-0.4, -0.2) is 6.04 Å². The third-order valence-corrected chi connectivity index (χ3v) is 1.20. The Balaban J connectivity index is 2.63. The van der Waals surface area contributed by atoms with Gasteiger partial charge in [-0.3, -0.25) is 0 Å². The normalized spacial score (nSPS) is 12.0. The zero-order chi connectivity index (χ0) is 4.99. The molecule has 3 heteroatoms. The second-order valence-corrected chi connectivity index (χ2v) is 2.01. The molecule has 0 aliphatic rings. The van der Waals surface area contributed by atoms with Crippen molar-refractivity contribution in [1.29, 1.82) is 0 Å². The predicted octanol–water partition coefficient (Wildman–Crippen LogP) is -0.415. The van der Waals surface area contributed by atoms with Gasteiger partial charge in [-0.15, -0.1) is 0 Å². The molecule has 0 rings (SSSR count). The molecule has 0 aliphatic carbocycles. The van der Waals surface area contributed by atoms with Crippen molar-refractivity contribution in [2.24, 2.45) is 0 Å². The van der Waals surface area contributed by atoms with Gasteiger partial charge in [-0.2, -0.15) is 0 Å². The summed E-state index contributed by atoms with van der Waals surface area (Å²) in [6.07, 6.45) is 0. The van der Waals surface area contributed by atoms with Crippen LogP contribution in [0.4, 0.5) is 0 Å². The fourth-order valence-corrected chi connectivity index (χ4v) is 0.408. The van der Waals surface area contributed by atoms with Crippen LogP contribution in [0.1, 0.15) is 13.8 Å². The molecule has 0 aromatic rings. The highest BCUT2D eigenvalue weighted by molar-refractivity contribution is 7.26. The van der Waals surface area contributed by atoms with Crippen molar-refractivity contribution in [3.05, 3.63) is 0 Å². The fourth-order valence-electron chi connectivity index (χ4n) is 0.136. The molecular weight excluding hydrogens is 97.0 g/mol. The molecule has 0 saturated carbocycles. The van der Waals surface area contributed by atoms with Crippen LogP contribution in [0.2, 0.25) is 0 Å². The van der Waals surface area contributed by atoms with Crippen LogP contribution in [0.5, 0.6) is 0 Å². The lowest BCUT2D eigenvalue weighted by Crippen LogP contribution is -2.15. The topological polar surface area (TPSA) is 35.1 Å². The summed E-state index contributed by atoms with van der Waals surface area (Å²) >= 11 is 0. The Morgan fingerprint density at radius 1 is 1.67 bits per heavy atom. The predicted molar refractivity (Wildman–Crippen MR) is 28.0 cm³/mol. The molecule has 0 amide bonds. The molecule has 38 valence electrons. The van der Waals surface area contributed by atoms with E-state index in [0.29, 0.717) is 6.04 Å². The lowest BCUT2D eigenvalue weighted by molar-refractivity contribution is -0.153. The average molecular weight is 107 g/mol. The maximum atomic E-state index is 9.71. The molecule has 0 aromatic heterocycles. The van der Waals surface area contributed by atoms with Gasteiger partial charge in [0, 0.05) is 15.0 Å². The van der Waals surface area contributed by atoms with Crippen LogP contribution < -0.4 is 9.98 Å². The maximum absolute atomic E-state index is 9.71. The zero-order valence-corrected chi connectivity index (χ0v) is 5.22. The quantitative estimate of drug-likeness (QED) is 0.486. The minimum atomic E-state index is -0.748. The van der Waals surface area contributed by atoms with E-state index in [9.17, 15) is 4.89 Å². The molecular formula is C3H10NOP. The molecule has 0 fully saturated rings. The molecule has 0 aliphatic heterocycles. The van der Waals surface area contributed by atoms with Crippen molar-refractivity contribution in [2.75, 3.05) is 0 Å². The first-order valence-electron chi connectivity index (χ1n) is 1.97. The Bertz CT molecular complexity index is 32.0. The lowest BCUT2D eigenvalue weighted by atomic mass is 10.4. The highest BCUT2D eigenvalue weighted by atomic mass is 31.1. The Hall–Kier alpha value is 0.350. The summed E-state index contributed by atoms with van der Waals surface area (Å²) < 4.78 is 0. The van der Waals surface area contributed by atoms with Crippen molar-refractivity contribution < 1.29 is 4.89 Å². The van der Waals surface area contributed by atoms with Gasteiger partial charge in [0.05, 0.1) is 0 Å². The van der Waals surface area contributed by atoms with Crippen molar-refractivity contribution in [3.8, 4) is 0 Å². The van der Waals surface area contributed by atoms with Crippen LogP contribution in [0.15, 0.2) is 0 Å². The van der Waals surface area contributed by atoms with E-state index in [1.807, 2.05) is 13.8 Å². The van der Waals surface area contributed by atoms with E-state index < -0.39 is 8.96 Å². The molecule has 0 aromatic carbocycles. The summed E-state index contributed by atoms with van der Waals surface area (Å²) in [5.41, 5.74) is 0. The van der Waals surface area contributed by atoms with Gasteiger partial charge < -0.3 is 4.89 Å². The second-order valence-electron chi connectivity index (χ2n) is 1.44. The largest absolute Gasteiger partial charge is 0.669 e. The summed E-state index contributed by atoms with van der Waals surface area (Å²) in [6, 6.07) is 0.373. The first kappa shape index (κ1) is 6.35. The maximum Gasteiger partial charge on any atom is 0.0350 e. The van der Waals surface area contributed by atoms with Gasteiger partial charge in [0.1, 0.15) is 0 Å². The monoisotopic (exact) mass is 107 g/mol. The average Bonchev–Trinajstić information content (AvgIpc) is 1.35. The van der Waals surface area contributed by atoms with Crippen LogP contribution in [-0.2, 0) is 0 Å².